The van der Waals surface area contributed by atoms with Crippen LogP contribution in [0.15, 0.2) is 54.6 Å². The summed E-state index contributed by atoms with van der Waals surface area (Å²) >= 11 is 0. The van der Waals surface area contributed by atoms with Gasteiger partial charge in [-0.2, -0.15) is 5.26 Å². The van der Waals surface area contributed by atoms with Gasteiger partial charge in [-0.05, 0) is 29.7 Å². The highest BCUT2D eigenvalue weighted by molar-refractivity contribution is 5.90. The monoisotopic (exact) mass is 278 g/mol. The molecule has 0 spiro atoms. The third-order valence-corrected chi connectivity index (χ3v) is 3.27. The number of carbonyl (C=O) groups excluding carboxylic acids is 1. The zero-order chi connectivity index (χ0) is 15.1. The predicted molar refractivity (Wildman–Crippen MR) is 83.9 cm³/mol. The quantitative estimate of drug-likeness (QED) is 0.896. The summed E-state index contributed by atoms with van der Waals surface area (Å²) in [6, 6.07) is 19.5. The first-order valence-corrected chi connectivity index (χ1v) is 7.09. The maximum atomic E-state index is 11.5. The summed E-state index contributed by atoms with van der Waals surface area (Å²) in [6.45, 7) is 1.97. The molecule has 106 valence electrons. The van der Waals surface area contributed by atoms with Crippen molar-refractivity contribution in [3.8, 4) is 6.07 Å². The van der Waals surface area contributed by atoms with E-state index >= 15 is 0 Å². The molecule has 0 aliphatic rings. The van der Waals surface area contributed by atoms with Gasteiger partial charge in [-0.25, -0.2) is 0 Å². The minimum Gasteiger partial charge on any atom is -0.326 e. The van der Waals surface area contributed by atoms with Gasteiger partial charge in [0.1, 0.15) is 0 Å². The van der Waals surface area contributed by atoms with Gasteiger partial charge in [-0.15, -0.1) is 0 Å². The van der Waals surface area contributed by atoms with Crippen molar-refractivity contribution in [3.05, 3.63) is 65.7 Å². The second kappa shape index (κ2) is 7.25. The molecule has 0 aromatic heterocycles. The van der Waals surface area contributed by atoms with E-state index in [0.717, 1.165) is 23.2 Å². The van der Waals surface area contributed by atoms with E-state index in [1.165, 1.54) is 0 Å². The van der Waals surface area contributed by atoms with Crippen LogP contribution in [0.25, 0.3) is 0 Å². The van der Waals surface area contributed by atoms with E-state index < -0.39 is 0 Å². The lowest BCUT2D eigenvalue weighted by Crippen LogP contribution is -2.10. The van der Waals surface area contributed by atoms with Crippen LogP contribution in [0.2, 0.25) is 0 Å². The van der Waals surface area contributed by atoms with Crippen LogP contribution in [0.4, 0.5) is 5.69 Å². The fourth-order valence-electron chi connectivity index (χ4n) is 2.20. The lowest BCUT2D eigenvalue weighted by atomic mass is 9.92. The fraction of sp³-hybridized carbons (Fsp3) is 0.222. The van der Waals surface area contributed by atoms with Crippen molar-refractivity contribution in [1.82, 2.24) is 0 Å². The summed E-state index contributed by atoms with van der Waals surface area (Å²) in [5.41, 5.74) is 2.67. The average Bonchev–Trinajstić information content (AvgIpc) is 2.51. The average molecular weight is 278 g/mol. The molecule has 0 saturated carbocycles. The number of anilines is 1. The van der Waals surface area contributed by atoms with Crippen molar-refractivity contribution < 1.29 is 4.79 Å². The summed E-state index contributed by atoms with van der Waals surface area (Å²) in [7, 11) is 0. The Kier molecular flexibility index (Phi) is 5.11. The van der Waals surface area contributed by atoms with Gasteiger partial charge in [0.05, 0.1) is 12.0 Å². The van der Waals surface area contributed by atoms with Crippen LogP contribution in [0.1, 0.15) is 36.8 Å². The van der Waals surface area contributed by atoms with E-state index in [9.17, 15) is 10.1 Å². The molecule has 2 rings (SSSR count). The maximum absolute atomic E-state index is 11.5. The molecule has 2 aromatic rings. The number of benzene rings is 2. The van der Waals surface area contributed by atoms with Crippen molar-refractivity contribution >= 4 is 11.6 Å². The van der Waals surface area contributed by atoms with E-state index in [1.807, 2.05) is 61.5 Å². The summed E-state index contributed by atoms with van der Waals surface area (Å²) in [4.78, 5) is 11.5. The summed E-state index contributed by atoms with van der Waals surface area (Å²) in [5, 5.41) is 12.2. The molecule has 1 amide bonds. The van der Waals surface area contributed by atoms with Crippen molar-refractivity contribution in [2.45, 2.75) is 25.7 Å². The van der Waals surface area contributed by atoms with Crippen LogP contribution < -0.4 is 5.32 Å². The van der Waals surface area contributed by atoms with E-state index in [2.05, 4.69) is 11.4 Å². The highest BCUT2D eigenvalue weighted by Crippen LogP contribution is 2.25. The van der Waals surface area contributed by atoms with Crippen molar-refractivity contribution in [2.75, 3.05) is 5.32 Å². The number of hydrogen-bond donors (Lipinski definition) is 1. The van der Waals surface area contributed by atoms with E-state index in [1.54, 1.807) is 0 Å². The van der Waals surface area contributed by atoms with Crippen molar-refractivity contribution in [1.29, 1.82) is 5.26 Å². The normalized spacial score (nSPS) is 11.4. The van der Waals surface area contributed by atoms with Gasteiger partial charge >= 0.3 is 0 Å². The Bertz CT molecular complexity index is 627. The predicted octanol–water partition coefficient (Wildman–Crippen LogP) is 4.08. The van der Waals surface area contributed by atoms with Gasteiger partial charge in [0.25, 0.3) is 0 Å². The Morgan fingerprint density at radius 1 is 1.10 bits per heavy atom. The minimum atomic E-state index is -0.286. The molecule has 0 fully saturated rings. The summed E-state index contributed by atoms with van der Waals surface area (Å²) in [5.74, 6) is -0.267. The number of hydrogen-bond acceptors (Lipinski definition) is 2. The smallest absolute Gasteiger partial charge is 0.224 e. The highest BCUT2D eigenvalue weighted by atomic mass is 16.1. The molecule has 1 N–H and O–H groups in total. The molecule has 0 bridgehead atoms. The Morgan fingerprint density at radius 3 is 2.29 bits per heavy atom. The Hall–Kier alpha value is -2.60. The molecule has 3 nitrogen and oxygen atoms in total. The first-order valence-electron chi connectivity index (χ1n) is 7.09. The number of nitrogens with one attached hydrogen (secondary N) is 1. The topological polar surface area (TPSA) is 52.9 Å². The standard InChI is InChI=1S/C18H18N2O/c1-2-6-18(21)20-16-11-9-15(10-12-16)17(13-19)14-7-4-3-5-8-14/h3-5,7-12,17H,2,6H2,1H3,(H,20,21)/t17-/m1/s1. The van der Waals surface area contributed by atoms with Crippen LogP contribution in [0.3, 0.4) is 0 Å². The van der Waals surface area contributed by atoms with Crippen LogP contribution in [-0.2, 0) is 4.79 Å². The molecule has 2 aromatic carbocycles. The first kappa shape index (κ1) is 14.8. The van der Waals surface area contributed by atoms with Gasteiger partial charge < -0.3 is 5.32 Å². The molecule has 1 atom stereocenters. The molecule has 0 saturated heterocycles. The van der Waals surface area contributed by atoms with Crippen LogP contribution in [0.5, 0.6) is 0 Å². The Morgan fingerprint density at radius 2 is 1.71 bits per heavy atom. The van der Waals surface area contributed by atoms with E-state index in [-0.39, 0.29) is 11.8 Å². The zero-order valence-electron chi connectivity index (χ0n) is 12.0. The van der Waals surface area contributed by atoms with Crippen molar-refractivity contribution in [2.24, 2.45) is 0 Å². The molecular formula is C18H18N2O. The highest BCUT2D eigenvalue weighted by Gasteiger charge is 2.12. The van der Waals surface area contributed by atoms with Crippen molar-refractivity contribution in [3.63, 3.8) is 0 Å². The number of nitriles is 1. The van der Waals surface area contributed by atoms with Gasteiger partial charge in [-0.1, -0.05) is 49.4 Å². The van der Waals surface area contributed by atoms with Gasteiger partial charge in [0.15, 0.2) is 0 Å². The Balaban J connectivity index is 2.14. The van der Waals surface area contributed by atoms with Gasteiger partial charge in [0, 0.05) is 12.1 Å². The lowest BCUT2D eigenvalue weighted by molar-refractivity contribution is -0.116. The molecule has 0 aliphatic heterocycles. The Labute approximate surface area is 125 Å². The summed E-state index contributed by atoms with van der Waals surface area (Å²) in [6.07, 6.45) is 1.35. The third-order valence-electron chi connectivity index (χ3n) is 3.27. The molecule has 0 unspecified atom stereocenters. The molecule has 3 heteroatoms. The number of amides is 1. The van der Waals surface area contributed by atoms with E-state index in [0.29, 0.717) is 6.42 Å². The van der Waals surface area contributed by atoms with Crippen LogP contribution in [-0.4, -0.2) is 5.91 Å². The lowest BCUT2D eigenvalue weighted by Gasteiger charge is -2.11. The third kappa shape index (κ3) is 3.93. The molecule has 0 heterocycles. The second-order valence-corrected chi connectivity index (χ2v) is 4.89. The fourth-order valence-corrected chi connectivity index (χ4v) is 2.20. The van der Waals surface area contributed by atoms with Crippen LogP contribution >= 0.6 is 0 Å². The first-order chi connectivity index (χ1) is 10.2. The van der Waals surface area contributed by atoms with Crippen LogP contribution in [0, 0.1) is 11.3 Å². The number of rotatable bonds is 5. The molecule has 21 heavy (non-hydrogen) atoms. The number of nitrogens with zero attached hydrogens (tertiary/aromatic N) is 1. The molecule has 0 radical (unpaired) electrons. The van der Waals surface area contributed by atoms with E-state index in [4.69, 9.17) is 0 Å². The minimum absolute atomic E-state index is 0.0187. The molecule has 0 aliphatic carbocycles. The van der Waals surface area contributed by atoms with Gasteiger partial charge in [-0.3, -0.25) is 4.79 Å². The maximum Gasteiger partial charge on any atom is 0.224 e. The van der Waals surface area contributed by atoms with Gasteiger partial charge in [0.2, 0.25) is 5.91 Å². The number of carbonyl (C=O) groups is 1. The second-order valence-electron chi connectivity index (χ2n) is 4.89. The SMILES string of the molecule is CCCC(=O)Nc1ccc([C@H](C#N)c2ccccc2)cc1. The molecular weight excluding hydrogens is 260 g/mol. The largest absolute Gasteiger partial charge is 0.326 e. The zero-order valence-corrected chi connectivity index (χ0v) is 12.0. The summed E-state index contributed by atoms with van der Waals surface area (Å²) < 4.78 is 0.